The fourth-order valence-corrected chi connectivity index (χ4v) is 4.83. The van der Waals surface area contributed by atoms with Gasteiger partial charge in [-0.25, -0.2) is 14.6 Å². The lowest BCUT2D eigenvalue weighted by Crippen LogP contribution is -2.31. The third-order valence-electron chi connectivity index (χ3n) is 7.12. The average molecular weight is 559 g/mol. The molecule has 1 atom stereocenters. The highest BCUT2D eigenvalue weighted by molar-refractivity contribution is 5.92. The molecule has 0 saturated carbocycles. The third kappa shape index (κ3) is 6.60. The molecule has 0 saturated heterocycles. The van der Waals surface area contributed by atoms with Crippen LogP contribution in [0.2, 0.25) is 0 Å². The highest BCUT2D eigenvalue weighted by Crippen LogP contribution is 2.31. The van der Waals surface area contributed by atoms with E-state index in [1.165, 1.54) is 0 Å². The van der Waals surface area contributed by atoms with Crippen molar-refractivity contribution in [1.82, 2.24) is 45.0 Å². The number of hydrogen-bond acceptors (Lipinski definition) is 9. The van der Waals surface area contributed by atoms with E-state index in [0.29, 0.717) is 25.5 Å². The van der Waals surface area contributed by atoms with Gasteiger partial charge in [-0.05, 0) is 64.3 Å². The molecule has 3 N–H and O–H groups in total. The molecule has 4 heterocycles. The molecule has 12 heteroatoms. The van der Waals surface area contributed by atoms with Crippen molar-refractivity contribution in [2.75, 3.05) is 25.0 Å². The number of benzene rings is 1. The topological polar surface area (TPSA) is 139 Å². The Hall–Kier alpha value is -4.16. The van der Waals surface area contributed by atoms with Crippen LogP contribution in [0.25, 0.3) is 11.3 Å². The molecule has 0 aliphatic carbocycles. The fourth-order valence-electron chi connectivity index (χ4n) is 4.83. The Morgan fingerprint density at radius 1 is 1.20 bits per heavy atom. The first-order valence-corrected chi connectivity index (χ1v) is 13.9. The van der Waals surface area contributed by atoms with E-state index in [9.17, 15) is 9.90 Å². The summed E-state index contributed by atoms with van der Waals surface area (Å²) >= 11 is 0. The molecule has 216 valence electrons. The minimum atomic E-state index is -0.270. The second-order valence-corrected chi connectivity index (χ2v) is 11.6. The van der Waals surface area contributed by atoms with Crippen LogP contribution in [0.5, 0.6) is 0 Å². The number of nitrogens with one attached hydrogen (secondary N) is 2. The number of nitrogens with zero attached hydrogens (tertiary/aromatic N) is 8. The van der Waals surface area contributed by atoms with Gasteiger partial charge < -0.3 is 15.7 Å². The van der Waals surface area contributed by atoms with Gasteiger partial charge in [-0.1, -0.05) is 17.3 Å². The number of aliphatic hydroxyl groups excluding tert-OH is 1. The zero-order valence-electron chi connectivity index (χ0n) is 24.2. The predicted octanol–water partition coefficient (Wildman–Crippen LogP) is 3.68. The van der Waals surface area contributed by atoms with E-state index in [4.69, 9.17) is 4.98 Å². The lowest BCUT2D eigenvalue weighted by molar-refractivity contribution is 0.0926. The maximum atomic E-state index is 13.2. The van der Waals surface area contributed by atoms with Crippen LogP contribution in [0.4, 0.5) is 11.6 Å². The van der Waals surface area contributed by atoms with E-state index in [1.807, 2.05) is 43.8 Å². The average Bonchev–Trinajstić information content (AvgIpc) is 3.59. The van der Waals surface area contributed by atoms with Crippen molar-refractivity contribution in [2.24, 2.45) is 0 Å². The Morgan fingerprint density at radius 3 is 2.73 bits per heavy atom. The molecule has 0 radical (unpaired) electrons. The van der Waals surface area contributed by atoms with E-state index >= 15 is 0 Å². The number of anilines is 2. The van der Waals surface area contributed by atoms with Crippen molar-refractivity contribution >= 4 is 17.5 Å². The van der Waals surface area contributed by atoms with Gasteiger partial charge in [0.05, 0.1) is 42.0 Å². The Labute approximate surface area is 239 Å². The fraction of sp³-hybridized carbons (Fsp3) is 0.448. The summed E-state index contributed by atoms with van der Waals surface area (Å²) in [6.07, 6.45) is 7.80. The Balaban J connectivity index is 1.40. The molecule has 12 nitrogen and oxygen atoms in total. The number of rotatable bonds is 8. The van der Waals surface area contributed by atoms with E-state index in [1.54, 1.807) is 23.3 Å². The SMILES string of the molecule is CC(C)n1cc(Nc2nccc(-c3ccc4c(c3)CN(CCO)CC[C@H]4NC(=O)c3cn(C(C)(C)C)nn3)n2)cn1. The van der Waals surface area contributed by atoms with E-state index in [2.05, 4.69) is 61.9 Å². The summed E-state index contributed by atoms with van der Waals surface area (Å²) in [7, 11) is 0. The van der Waals surface area contributed by atoms with E-state index in [0.717, 1.165) is 34.6 Å². The van der Waals surface area contributed by atoms with Gasteiger partial charge >= 0.3 is 0 Å². The van der Waals surface area contributed by atoms with Gasteiger partial charge in [0.1, 0.15) is 0 Å². The van der Waals surface area contributed by atoms with Gasteiger partial charge in [0.2, 0.25) is 5.95 Å². The maximum Gasteiger partial charge on any atom is 0.273 e. The molecular formula is C29H38N10O2. The van der Waals surface area contributed by atoms with Gasteiger partial charge in [0.15, 0.2) is 5.69 Å². The molecule has 3 aromatic heterocycles. The Morgan fingerprint density at radius 2 is 2.02 bits per heavy atom. The minimum Gasteiger partial charge on any atom is -0.395 e. The van der Waals surface area contributed by atoms with Gasteiger partial charge in [0, 0.05) is 43.6 Å². The lowest BCUT2D eigenvalue weighted by atomic mass is 9.96. The van der Waals surface area contributed by atoms with Crippen LogP contribution in [0.3, 0.4) is 0 Å². The largest absolute Gasteiger partial charge is 0.395 e. The predicted molar refractivity (Wildman–Crippen MR) is 156 cm³/mol. The molecule has 1 aliphatic heterocycles. The first-order valence-electron chi connectivity index (χ1n) is 13.9. The molecule has 4 aromatic rings. The number of aromatic nitrogens is 7. The molecule has 1 amide bonds. The zero-order valence-corrected chi connectivity index (χ0v) is 24.2. The van der Waals surface area contributed by atoms with Crippen LogP contribution < -0.4 is 10.6 Å². The standard InChI is InChI=1S/C29H38N10O2/c1-19(2)38-17-22(15-31-38)32-28-30-10-8-24(34-28)20-6-7-23-21(14-20)16-37(12-13-40)11-9-25(23)33-27(41)26-18-39(36-35-26)29(3,4)5/h6-8,10,14-15,17-19,25,40H,9,11-13,16H2,1-5H3,(H,33,41)(H,30,32,34)/t25-/m1/s1. The van der Waals surface area contributed by atoms with Crippen molar-refractivity contribution in [3.63, 3.8) is 0 Å². The monoisotopic (exact) mass is 558 g/mol. The zero-order chi connectivity index (χ0) is 29.1. The summed E-state index contributed by atoms with van der Waals surface area (Å²) < 4.78 is 3.57. The smallest absolute Gasteiger partial charge is 0.273 e. The third-order valence-corrected chi connectivity index (χ3v) is 7.12. The van der Waals surface area contributed by atoms with Crippen LogP contribution in [-0.4, -0.2) is 70.4 Å². The summed E-state index contributed by atoms with van der Waals surface area (Å²) in [4.78, 5) is 24.5. The second-order valence-electron chi connectivity index (χ2n) is 11.6. The summed E-state index contributed by atoms with van der Waals surface area (Å²) in [5.41, 5.74) is 4.67. The maximum absolute atomic E-state index is 13.2. The molecule has 5 rings (SSSR count). The number of carbonyl (C=O) groups is 1. The molecule has 1 aromatic carbocycles. The Bertz CT molecular complexity index is 1500. The van der Waals surface area contributed by atoms with Gasteiger partial charge in [-0.15, -0.1) is 5.10 Å². The van der Waals surface area contributed by atoms with Gasteiger partial charge in [-0.2, -0.15) is 5.10 Å². The summed E-state index contributed by atoms with van der Waals surface area (Å²) in [6.45, 7) is 12.2. The minimum absolute atomic E-state index is 0.0658. The molecule has 41 heavy (non-hydrogen) atoms. The van der Waals surface area contributed by atoms with Crippen molar-refractivity contribution in [2.45, 2.75) is 65.2 Å². The molecule has 1 aliphatic rings. The highest BCUT2D eigenvalue weighted by Gasteiger charge is 2.26. The molecule has 0 unspecified atom stereocenters. The van der Waals surface area contributed by atoms with Crippen LogP contribution in [0.15, 0.2) is 49.1 Å². The van der Waals surface area contributed by atoms with Crippen molar-refractivity contribution in [3.05, 3.63) is 65.9 Å². The lowest BCUT2D eigenvalue weighted by Gasteiger charge is -2.19. The Kier molecular flexibility index (Phi) is 8.13. The molecular weight excluding hydrogens is 520 g/mol. The normalized spacial score (nSPS) is 15.9. The quantitative estimate of drug-likeness (QED) is 0.295. The first-order chi connectivity index (χ1) is 19.6. The van der Waals surface area contributed by atoms with E-state index in [-0.39, 0.29) is 35.8 Å². The van der Waals surface area contributed by atoms with Gasteiger partial charge in [0.25, 0.3) is 5.91 Å². The molecule has 0 spiro atoms. The van der Waals surface area contributed by atoms with Crippen LogP contribution in [0.1, 0.15) is 74.7 Å². The van der Waals surface area contributed by atoms with Crippen LogP contribution in [-0.2, 0) is 12.1 Å². The first kappa shape index (κ1) is 28.4. The number of aliphatic hydroxyl groups is 1. The van der Waals surface area contributed by atoms with Crippen LogP contribution in [0, 0.1) is 0 Å². The number of amides is 1. The second kappa shape index (κ2) is 11.8. The molecule has 0 fully saturated rings. The highest BCUT2D eigenvalue weighted by atomic mass is 16.3. The van der Waals surface area contributed by atoms with Gasteiger partial charge in [-0.3, -0.25) is 14.4 Å². The summed E-state index contributed by atoms with van der Waals surface area (Å²) in [5.74, 6) is 0.222. The number of β-amino-alcohol motifs (C(OH)–C–C–N with tert-alkyl or cyclic N) is 1. The number of fused-ring (bicyclic) bond motifs is 1. The van der Waals surface area contributed by atoms with Crippen LogP contribution >= 0.6 is 0 Å². The van der Waals surface area contributed by atoms with Crippen molar-refractivity contribution in [1.29, 1.82) is 0 Å². The summed E-state index contributed by atoms with van der Waals surface area (Å²) in [5, 5.41) is 28.7. The van der Waals surface area contributed by atoms with Crippen molar-refractivity contribution < 1.29 is 9.90 Å². The summed E-state index contributed by atoms with van der Waals surface area (Å²) in [6, 6.07) is 8.13. The van der Waals surface area contributed by atoms with Crippen molar-refractivity contribution in [3.8, 4) is 11.3 Å². The van der Waals surface area contributed by atoms with E-state index < -0.39 is 0 Å². The molecule has 0 bridgehead atoms. The number of carbonyl (C=O) groups excluding carboxylic acids is 1. The number of hydrogen-bond donors (Lipinski definition) is 3.